The summed E-state index contributed by atoms with van der Waals surface area (Å²) in [5.74, 6) is -1.01. The number of alkyl halides is 6. The molecule has 0 bridgehead atoms. The molecule has 5 N–H and O–H groups in total. The van der Waals surface area contributed by atoms with Gasteiger partial charge in [-0.2, -0.15) is 36.5 Å². The highest BCUT2D eigenvalue weighted by Gasteiger charge is 2.69. The van der Waals surface area contributed by atoms with E-state index in [0.717, 1.165) is 24.3 Å². The minimum Gasteiger partial charge on any atom is -0.393 e. The molecule has 19 heteroatoms. The monoisotopic (exact) mass is 871 g/mol. The molecule has 2 unspecified atom stereocenters. The molecule has 4 aliphatic heterocycles. The van der Waals surface area contributed by atoms with Crippen LogP contribution < -0.4 is 16.0 Å². The Morgan fingerprint density at radius 1 is 0.742 bits per heavy atom. The van der Waals surface area contributed by atoms with Crippen molar-refractivity contribution in [2.45, 2.75) is 102 Å². The van der Waals surface area contributed by atoms with E-state index in [0.29, 0.717) is 106 Å². The van der Waals surface area contributed by atoms with Crippen molar-refractivity contribution in [2.24, 2.45) is 0 Å². The maximum Gasteiger partial charge on any atom is 0.416 e. The molecule has 13 nitrogen and oxygen atoms in total. The third-order valence-corrected chi connectivity index (χ3v) is 12.7. The molecular formula is C43H53F6N10O3+. The number of hydrogen-bond donors (Lipinski definition) is 5. The van der Waals surface area contributed by atoms with Crippen LogP contribution in [0.25, 0.3) is 0 Å². The molecule has 4 aromatic rings. The van der Waals surface area contributed by atoms with Crippen molar-refractivity contribution >= 4 is 5.91 Å². The summed E-state index contributed by atoms with van der Waals surface area (Å²) < 4.78 is 84.9. The quantitative estimate of drug-likeness (QED) is 0.0972. The van der Waals surface area contributed by atoms with E-state index in [4.69, 9.17) is 0 Å². The van der Waals surface area contributed by atoms with Crippen LogP contribution in [0.5, 0.6) is 0 Å². The molecule has 0 aliphatic carbocycles. The Labute approximate surface area is 355 Å². The highest BCUT2D eigenvalue weighted by Crippen LogP contribution is 2.45. The lowest BCUT2D eigenvalue weighted by Gasteiger charge is -2.62. The Kier molecular flexibility index (Phi) is 11.7. The fourth-order valence-corrected chi connectivity index (χ4v) is 9.93. The van der Waals surface area contributed by atoms with Crippen molar-refractivity contribution in [3.63, 3.8) is 0 Å². The first-order valence-electron chi connectivity index (χ1n) is 21.3. The normalized spacial score (nSPS) is 23.5. The van der Waals surface area contributed by atoms with E-state index in [1.54, 1.807) is 36.9 Å². The topological polar surface area (TPSA) is 136 Å². The number of hydrogen-bond acceptors (Lipinski definition) is 10. The smallest absolute Gasteiger partial charge is 0.393 e. The number of rotatable bonds is 12. The van der Waals surface area contributed by atoms with Crippen molar-refractivity contribution in [1.29, 1.82) is 0 Å². The van der Waals surface area contributed by atoms with Gasteiger partial charge in [-0.15, -0.1) is 0 Å². The van der Waals surface area contributed by atoms with Crippen LogP contribution in [-0.2, 0) is 35.9 Å². The number of likely N-dealkylation sites (tertiary alicyclic amines) is 2. The molecule has 334 valence electrons. The van der Waals surface area contributed by atoms with Gasteiger partial charge < -0.3 is 20.8 Å². The molecule has 2 fully saturated rings. The molecule has 6 heterocycles. The second-order valence-corrected chi connectivity index (χ2v) is 16.9. The number of aliphatic hydroxyl groups is 2. The number of benzene rings is 2. The summed E-state index contributed by atoms with van der Waals surface area (Å²) in [6.45, 7) is 6.80. The number of nitrogens with zero attached hydrogens (tertiary/aromatic N) is 7. The summed E-state index contributed by atoms with van der Waals surface area (Å²) in [7, 11) is 0. The van der Waals surface area contributed by atoms with E-state index in [9.17, 15) is 36.6 Å². The van der Waals surface area contributed by atoms with Crippen molar-refractivity contribution in [1.82, 2.24) is 45.3 Å². The van der Waals surface area contributed by atoms with E-state index in [1.807, 2.05) is 13.8 Å². The molecule has 62 heavy (non-hydrogen) atoms. The maximum atomic E-state index is 15.8. The molecule has 0 spiro atoms. The van der Waals surface area contributed by atoms with Crippen LogP contribution in [0.1, 0.15) is 85.8 Å². The van der Waals surface area contributed by atoms with Crippen LogP contribution in [-0.4, -0.2) is 107 Å². The van der Waals surface area contributed by atoms with Crippen LogP contribution in [0.4, 0.5) is 26.3 Å². The van der Waals surface area contributed by atoms with Gasteiger partial charge in [-0.05, 0) is 73.9 Å². The average Bonchev–Trinajstić information content (AvgIpc) is 3.99. The van der Waals surface area contributed by atoms with Gasteiger partial charge in [0.25, 0.3) is 0 Å². The number of carbonyl (C=O) groups excluding carboxylic acids is 1. The molecule has 2 aromatic carbocycles. The number of nitrogens with one attached hydrogen (secondary N) is 3. The fraction of sp³-hybridized carbons (Fsp3) is 0.512. The van der Waals surface area contributed by atoms with Gasteiger partial charge in [0.1, 0.15) is 5.82 Å². The Morgan fingerprint density at radius 2 is 1.29 bits per heavy atom. The SMILES string of the molecule is CCC[N+]1(CCC)C(=O)C2=C(NC(c3cnn(Cc4cccc(C(F)(F)F)c4)c3)(c3cnn(Cc4cccc(C(F)(F)F)c4)c3)N2)NC1(N1CCC(O)CC1)N1CCCC(O)C1. The van der Waals surface area contributed by atoms with E-state index >= 15 is 4.79 Å². The van der Waals surface area contributed by atoms with Gasteiger partial charge in [-0.3, -0.25) is 14.7 Å². The minimum atomic E-state index is -4.54. The van der Waals surface area contributed by atoms with Gasteiger partial charge in [0.15, 0.2) is 11.4 Å². The van der Waals surface area contributed by atoms with E-state index < -0.39 is 47.3 Å². The zero-order valence-electron chi connectivity index (χ0n) is 34.7. The molecule has 0 saturated carbocycles. The lowest BCUT2D eigenvalue weighted by Crippen LogP contribution is -2.88. The van der Waals surface area contributed by atoms with Gasteiger partial charge in [0.05, 0.1) is 61.9 Å². The zero-order chi connectivity index (χ0) is 44.1. The summed E-state index contributed by atoms with van der Waals surface area (Å²) in [5, 5.41) is 42.0. The summed E-state index contributed by atoms with van der Waals surface area (Å²) in [6, 6.07) is 9.98. The maximum absolute atomic E-state index is 15.8. The average molecular weight is 872 g/mol. The Morgan fingerprint density at radius 3 is 1.79 bits per heavy atom. The van der Waals surface area contributed by atoms with Gasteiger partial charge in [-0.1, -0.05) is 38.1 Å². The standard InChI is InChI=1S/C43H52F6N10O3/c1-3-18-59(19-4-2)39(62)37-38(54-43(59,55-16-13-35(60)14-17-55)56-15-7-12-36(61)28-56)53-40(52-37,33-22-50-57(26-33)24-29-8-5-10-31(20-29)41(44,45)46)34-23-51-58(27-34)25-30-9-6-11-32(21-30)42(47,48)49/h5-6,8-11,20-23,26-27,35-36,52,60-61H,3-4,7,12-19,24-25,28H2,1-2H3,(H-,53,54,62)/p+1. The van der Waals surface area contributed by atoms with Crippen LogP contribution in [0, 0.1) is 0 Å². The second kappa shape index (κ2) is 16.6. The van der Waals surface area contributed by atoms with Crippen LogP contribution in [0.2, 0.25) is 0 Å². The first-order chi connectivity index (χ1) is 29.5. The summed E-state index contributed by atoms with van der Waals surface area (Å²) in [4.78, 5) is 20.2. The van der Waals surface area contributed by atoms with E-state index in [1.165, 1.54) is 21.5 Å². The van der Waals surface area contributed by atoms with Crippen molar-refractivity contribution in [2.75, 3.05) is 39.3 Å². The Bertz CT molecular complexity index is 2180. The summed E-state index contributed by atoms with van der Waals surface area (Å²) >= 11 is 0. The number of piperidine rings is 2. The van der Waals surface area contributed by atoms with Crippen molar-refractivity contribution in [3.8, 4) is 0 Å². The number of β-amino-alcohol motifs (C(OH)–C–C–N with tert-alkyl or cyclic N) is 1. The lowest BCUT2D eigenvalue weighted by atomic mass is 9.97. The van der Waals surface area contributed by atoms with Gasteiger partial charge in [0, 0.05) is 49.7 Å². The van der Waals surface area contributed by atoms with E-state index in [-0.39, 0.29) is 29.2 Å². The number of halogens is 6. The van der Waals surface area contributed by atoms with Gasteiger partial charge >= 0.3 is 24.2 Å². The zero-order valence-corrected chi connectivity index (χ0v) is 34.7. The first kappa shape index (κ1) is 43.7. The highest BCUT2D eigenvalue weighted by atomic mass is 19.4. The third-order valence-electron chi connectivity index (χ3n) is 12.7. The number of aromatic nitrogens is 4. The highest BCUT2D eigenvalue weighted by molar-refractivity contribution is 5.90. The molecule has 2 aromatic heterocycles. The molecule has 0 radical (unpaired) electrons. The molecule has 8 rings (SSSR count). The minimum absolute atomic E-state index is 0.00661. The number of amides is 1. The lowest BCUT2D eigenvalue weighted by molar-refractivity contribution is -0.941. The predicted octanol–water partition coefficient (Wildman–Crippen LogP) is 5.07. The van der Waals surface area contributed by atoms with Crippen molar-refractivity contribution in [3.05, 3.63) is 118 Å². The Balaban J connectivity index is 1.24. The number of aliphatic hydroxyl groups excluding tert-OH is 2. The summed E-state index contributed by atoms with van der Waals surface area (Å²) in [6.07, 6.45) is -0.152. The second-order valence-electron chi connectivity index (χ2n) is 16.9. The van der Waals surface area contributed by atoms with Crippen LogP contribution in [0.3, 0.4) is 0 Å². The van der Waals surface area contributed by atoms with Crippen LogP contribution >= 0.6 is 0 Å². The molecular weight excluding hydrogens is 819 g/mol. The summed E-state index contributed by atoms with van der Waals surface area (Å²) in [5.41, 5.74) is -1.10. The Hall–Kier alpha value is -4.95. The third kappa shape index (κ3) is 7.86. The fourth-order valence-electron chi connectivity index (χ4n) is 9.93. The largest absolute Gasteiger partial charge is 0.416 e. The molecule has 4 aliphatic rings. The number of quaternary nitrogens is 1. The first-order valence-corrected chi connectivity index (χ1v) is 21.3. The van der Waals surface area contributed by atoms with Crippen LogP contribution in [0.15, 0.2) is 84.8 Å². The number of carbonyl (C=O) groups is 1. The molecule has 2 atom stereocenters. The van der Waals surface area contributed by atoms with Gasteiger partial charge in [0.2, 0.25) is 0 Å². The van der Waals surface area contributed by atoms with Gasteiger partial charge in [-0.25, -0.2) is 19.1 Å². The molecule has 2 saturated heterocycles. The predicted molar refractivity (Wildman–Crippen MR) is 215 cm³/mol. The van der Waals surface area contributed by atoms with Crippen molar-refractivity contribution < 1.29 is 45.8 Å². The van der Waals surface area contributed by atoms with E-state index in [2.05, 4.69) is 35.9 Å². The molecule has 1 amide bonds.